The Hall–Kier alpha value is -1.36. The summed E-state index contributed by atoms with van der Waals surface area (Å²) in [6.45, 7) is 4.14. The molecule has 0 radical (unpaired) electrons. The van der Waals surface area contributed by atoms with Crippen molar-refractivity contribution in [3.05, 3.63) is 22.0 Å². The molecule has 2 aromatic heterocycles. The molecule has 1 aliphatic heterocycles. The van der Waals surface area contributed by atoms with E-state index in [4.69, 9.17) is 0 Å². The SMILES string of the molecule is Cc1cc(=O)[nH]c2nc(N3CCCCC3)sc12. The zero-order valence-electron chi connectivity index (χ0n) is 9.82. The summed E-state index contributed by atoms with van der Waals surface area (Å²) in [4.78, 5) is 21.1. The molecule has 0 saturated carbocycles. The van der Waals surface area contributed by atoms with Crippen molar-refractivity contribution in [1.82, 2.24) is 9.97 Å². The van der Waals surface area contributed by atoms with Crippen LogP contribution in [0.1, 0.15) is 24.8 Å². The van der Waals surface area contributed by atoms with Crippen LogP contribution in [0.25, 0.3) is 10.3 Å². The van der Waals surface area contributed by atoms with Gasteiger partial charge in [0.1, 0.15) is 0 Å². The first kappa shape index (κ1) is 10.8. The summed E-state index contributed by atoms with van der Waals surface area (Å²) >= 11 is 1.68. The molecule has 5 heteroatoms. The summed E-state index contributed by atoms with van der Waals surface area (Å²) in [5.74, 6) is 0. The van der Waals surface area contributed by atoms with Gasteiger partial charge in [0.15, 0.2) is 10.8 Å². The highest BCUT2D eigenvalue weighted by atomic mass is 32.1. The number of hydrogen-bond donors (Lipinski definition) is 1. The lowest BCUT2D eigenvalue weighted by molar-refractivity contribution is 0.577. The highest BCUT2D eigenvalue weighted by molar-refractivity contribution is 7.22. The van der Waals surface area contributed by atoms with Gasteiger partial charge >= 0.3 is 0 Å². The normalized spacial score (nSPS) is 16.6. The van der Waals surface area contributed by atoms with Crippen LogP contribution in [0.4, 0.5) is 5.13 Å². The van der Waals surface area contributed by atoms with Crippen molar-refractivity contribution in [1.29, 1.82) is 0 Å². The molecule has 4 nitrogen and oxygen atoms in total. The third kappa shape index (κ3) is 1.95. The zero-order chi connectivity index (χ0) is 11.8. The van der Waals surface area contributed by atoms with Crippen LogP contribution < -0.4 is 10.5 Å². The summed E-state index contributed by atoms with van der Waals surface area (Å²) in [6, 6.07) is 1.64. The van der Waals surface area contributed by atoms with E-state index in [2.05, 4.69) is 14.9 Å². The number of pyridine rings is 1. The number of nitrogens with zero attached hydrogens (tertiary/aromatic N) is 2. The van der Waals surface area contributed by atoms with Gasteiger partial charge in [0.2, 0.25) is 5.56 Å². The van der Waals surface area contributed by atoms with Gasteiger partial charge in [0.25, 0.3) is 0 Å². The van der Waals surface area contributed by atoms with Crippen LogP contribution >= 0.6 is 11.3 Å². The van der Waals surface area contributed by atoms with Crippen molar-refractivity contribution in [2.24, 2.45) is 0 Å². The topological polar surface area (TPSA) is 49.0 Å². The van der Waals surface area contributed by atoms with Crippen LogP contribution in [-0.2, 0) is 0 Å². The van der Waals surface area contributed by atoms with Gasteiger partial charge in [-0.1, -0.05) is 11.3 Å². The van der Waals surface area contributed by atoms with Crippen molar-refractivity contribution < 1.29 is 0 Å². The van der Waals surface area contributed by atoms with Gasteiger partial charge in [-0.05, 0) is 31.7 Å². The van der Waals surface area contributed by atoms with Gasteiger partial charge in [-0.3, -0.25) is 4.79 Å². The number of piperidine rings is 1. The molecule has 1 fully saturated rings. The minimum atomic E-state index is -0.0644. The molecular formula is C12H15N3OS. The maximum Gasteiger partial charge on any atom is 0.249 e. The first-order valence-corrected chi connectivity index (χ1v) is 6.81. The number of rotatable bonds is 1. The van der Waals surface area contributed by atoms with Gasteiger partial charge in [-0.25, -0.2) is 4.98 Å². The average molecular weight is 249 g/mol. The number of aromatic amines is 1. The van der Waals surface area contributed by atoms with Crippen LogP contribution in [0.15, 0.2) is 10.9 Å². The van der Waals surface area contributed by atoms with Crippen molar-refractivity contribution >= 4 is 26.8 Å². The molecule has 1 saturated heterocycles. The van der Waals surface area contributed by atoms with Crippen molar-refractivity contribution in [3.8, 4) is 0 Å². The zero-order valence-corrected chi connectivity index (χ0v) is 10.6. The second-order valence-electron chi connectivity index (χ2n) is 4.54. The molecule has 0 amide bonds. The maximum absolute atomic E-state index is 11.4. The predicted molar refractivity (Wildman–Crippen MR) is 71.0 cm³/mol. The third-order valence-corrected chi connectivity index (χ3v) is 4.44. The van der Waals surface area contributed by atoms with E-state index in [1.807, 2.05) is 6.92 Å². The highest BCUT2D eigenvalue weighted by Crippen LogP contribution is 2.30. The molecule has 0 atom stereocenters. The minimum Gasteiger partial charge on any atom is -0.348 e. The Morgan fingerprint density at radius 3 is 2.88 bits per heavy atom. The van der Waals surface area contributed by atoms with E-state index in [0.717, 1.165) is 34.1 Å². The molecule has 0 aliphatic carbocycles. The van der Waals surface area contributed by atoms with Gasteiger partial charge in [-0.2, -0.15) is 0 Å². The molecular weight excluding hydrogens is 234 g/mol. The van der Waals surface area contributed by atoms with Crippen molar-refractivity contribution in [2.75, 3.05) is 18.0 Å². The average Bonchev–Trinajstić information content (AvgIpc) is 2.74. The van der Waals surface area contributed by atoms with E-state index in [9.17, 15) is 4.79 Å². The van der Waals surface area contributed by atoms with E-state index in [-0.39, 0.29) is 5.56 Å². The molecule has 3 rings (SSSR count). The molecule has 17 heavy (non-hydrogen) atoms. The van der Waals surface area contributed by atoms with Crippen molar-refractivity contribution in [3.63, 3.8) is 0 Å². The molecule has 1 N–H and O–H groups in total. The Labute approximate surface area is 103 Å². The van der Waals surface area contributed by atoms with E-state index in [1.54, 1.807) is 17.4 Å². The van der Waals surface area contributed by atoms with E-state index < -0.39 is 0 Å². The van der Waals surface area contributed by atoms with Crippen molar-refractivity contribution in [2.45, 2.75) is 26.2 Å². The minimum absolute atomic E-state index is 0.0644. The summed E-state index contributed by atoms with van der Waals surface area (Å²) < 4.78 is 1.10. The number of H-pyrrole nitrogens is 1. The molecule has 90 valence electrons. The summed E-state index contributed by atoms with van der Waals surface area (Å²) in [5, 5.41) is 1.05. The van der Waals surface area contributed by atoms with Crippen LogP contribution in [0, 0.1) is 6.92 Å². The first-order chi connectivity index (χ1) is 8.24. The standard InChI is InChI=1S/C12H15N3OS/c1-8-7-9(16)13-11-10(8)17-12(14-11)15-5-3-2-4-6-15/h7H,2-6H2,1H3,(H,13,16). The lowest BCUT2D eigenvalue weighted by Crippen LogP contribution is -2.29. The fourth-order valence-corrected chi connectivity index (χ4v) is 3.34. The Kier molecular flexibility index (Phi) is 2.63. The summed E-state index contributed by atoms with van der Waals surface area (Å²) in [5.41, 5.74) is 1.69. The second kappa shape index (κ2) is 4.14. The van der Waals surface area contributed by atoms with E-state index in [0.29, 0.717) is 0 Å². The Balaban J connectivity index is 2.06. The molecule has 3 heterocycles. The largest absolute Gasteiger partial charge is 0.348 e. The lowest BCUT2D eigenvalue weighted by atomic mass is 10.1. The monoisotopic (exact) mass is 249 g/mol. The number of anilines is 1. The first-order valence-electron chi connectivity index (χ1n) is 5.99. The van der Waals surface area contributed by atoms with Gasteiger partial charge in [0.05, 0.1) is 4.70 Å². The smallest absolute Gasteiger partial charge is 0.249 e. The number of fused-ring (bicyclic) bond motifs is 1. The molecule has 1 aliphatic rings. The molecule has 0 bridgehead atoms. The van der Waals surface area contributed by atoms with Crippen LogP contribution in [0.3, 0.4) is 0 Å². The molecule has 0 unspecified atom stereocenters. The van der Waals surface area contributed by atoms with Gasteiger partial charge < -0.3 is 9.88 Å². The number of hydrogen-bond acceptors (Lipinski definition) is 4. The maximum atomic E-state index is 11.4. The second-order valence-corrected chi connectivity index (χ2v) is 5.52. The highest BCUT2D eigenvalue weighted by Gasteiger charge is 2.16. The fourth-order valence-electron chi connectivity index (χ4n) is 2.30. The Bertz CT molecular complexity index is 595. The molecule has 0 spiro atoms. The quantitative estimate of drug-likeness (QED) is 0.843. The number of aromatic nitrogens is 2. The van der Waals surface area contributed by atoms with Crippen LogP contribution in [0.2, 0.25) is 0 Å². The lowest BCUT2D eigenvalue weighted by Gasteiger charge is -2.25. The van der Waals surface area contributed by atoms with E-state index >= 15 is 0 Å². The van der Waals surface area contributed by atoms with Gasteiger partial charge in [0, 0.05) is 19.2 Å². The van der Waals surface area contributed by atoms with Crippen LogP contribution in [-0.4, -0.2) is 23.1 Å². The number of thiazole rings is 1. The van der Waals surface area contributed by atoms with E-state index in [1.165, 1.54) is 19.3 Å². The molecule has 2 aromatic rings. The van der Waals surface area contributed by atoms with Crippen LogP contribution in [0.5, 0.6) is 0 Å². The van der Waals surface area contributed by atoms with Gasteiger partial charge in [-0.15, -0.1) is 0 Å². The summed E-state index contributed by atoms with van der Waals surface area (Å²) in [7, 11) is 0. The fraction of sp³-hybridized carbons (Fsp3) is 0.500. The number of aryl methyl sites for hydroxylation is 1. The third-order valence-electron chi connectivity index (χ3n) is 3.19. The Morgan fingerprint density at radius 1 is 1.35 bits per heavy atom. The predicted octanol–water partition coefficient (Wildman–Crippen LogP) is 2.28. The molecule has 0 aromatic carbocycles. The number of nitrogens with one attached hydrogen (secondary N) is 1. The summed E-state index contributed by atoms with van der Waals surface area (Å²) in [6.07, 6.45) is 3.80. The Morgan fingerprint density at radius 2 is 2.12 bits per heavy atom.